The Balaban J connectivity index is 1.66. The maximum absolute atomic E-state index is 12.6. The van der Waals surface area contributed by atoms with Crippen LogP contribution >= 0.6 is 0 Å². The van der Waals surface area contributed by atoms with Gasteiger partial charge in [0.15, 0.2) is 5.82 Å². The molecule has 172 valence electrons. The van der Waals surface area contributed by atoms with E-state index in [2.05, 4.69) is 29.8 Å². The van der Waals surface area contributed by atoms with Crippen molar-refractivity contribution in [3.05, 3.63) is 53.6 Å². The SMILES string of the molecule is Cc1cc(C)n(-c2cc(NCCNS(=O)(=O)c3ccccc3OC(F)(F)F)nc(C)n2)n1. The zero-order valence-electron chi connectivity index (χ0n) is 17.4. The molecule has 0 spiro atoms. The van der Waals surface area contributed by atoms with E-state index in [0.717, 1.165) is 23.5 Å². The molecule has 0 aliphatic heterocycles. The highest BCUT2D eigenvalue weighted by Crippen LogP contribution is 2.29. The molecule has 0 amide bonds. The molecule has 0 saturated carbocycles. The molecule has 0 saturated heterocycles. The molecule has 0 unspecified atom stereocenters. The first-order chi connectivity index (χ1) is 14.9. The van der Waals surface area contributed by atoms with Gasteiger partial charge in [-0.05, 0) is 39.0 Å². The number of alkyl halides is 3. The van der Waals surface area contributed by atoms with Gasteiger partial charge >= 0.3 is 6.36 Å². The third-order valence-electron chi connectivity index (χ3n) is 4.14. The molecule has 0 radical (unpaired) electrons. The van der Waals surface area contributed by atoms with Crippen LogP contribution in [0.4, 0.5) is 19.0 Å². The van der Waals surface area contributed by atoms with Crippen LogP contribution in [0.5, 0.6) is 5.75 Å². The third-order valence-corrected chi connectivity index (χ3v) is 5.64. The van der Waals surface area contributed by atoms with Crippen LogP contribution in [0.3, 0.4) is 0 Å². The lowest BCUT2D eigenvalue weighted by Gasteiger charge is -2.14. The van der Waals surface area contributed by atoms with Crippen molar-refractivity contribution in [3.63, 3.8) is 0 Å². The van der Waals surface area contributed by atoms with Crippen molar-refractivity contribution in [2.45, 2.75) is 32.0 Å². The molecule has 0 aliphatic rings. The molecular formula is C19H21F3N6O3S. The van der Waals surface area contributed by atoms with Crippen molar-refractivity contribution in [1.29, 1.82) is 0 Å². The molecule has 1 aromatic carbocycles. The number of ether oxygens (including phenoxy) is 1. The van der Waals surface area contributed by atoms with Crippen LogP contribution in [-0.2, 0) is 10.0 Å². The molecule has 0 fully saturated rings. The van der Waals surface area contributed by atoms with Crippen LogP contribution < -0.4 is 14.8 Å². The van der Waals surface area contributed by atoms with Gasteiger partial charge in [-0.1, -0.05) is 12.1 Å². The van der Waals surface area contributed by atoms with Crippen molar-refractivity contribution >= 4 is 15.8 Å². The summed E-state index contributed by atoms with van der Waals surface area (Å²) in [5, 5.41) is 7.34. The Kier molecular flexibility index (Phi) is 6.69. The van der Waals surface area contributed by atoms with Crippen molar-refractivity contribution in [2.75, 3.05) is 18.4 Å². The normalized spacial score (nSPS) is 12.1. The minimum atomic E-state index is -5.01. The van der Waals surface area contributed by atoms with Gasteiger partial charge < -0.3 is 10.1 Å². The molecule has 32 heavy (non-hydrogen) atoms. The summed E-state index contributed by atoms with van der Waals surface area (Å²) in [7, 11) is -4.24. The number of anilines is 1. The van der Waals surface area contributed by atoms with E-state index in [1.807, 2.05) is 19.9 Å². The summed E-state index contributed by atoms with van der Waals surface area (Å²) in [5.41, 5.74) is 1.72. The Morgan fingerprint density at radius 1 is 1.06 bits per heavy atom. The van der Waals surface area contributed by atoms with Gasteiger partial charge in [-0.3, -0.25) is 0 Å². The van der Waals surface area contributed by atoms with E-state index in [4.69, 9.17) is 0 Å². The van der Waals surface area contributed by atoms with E-state index in [1.54, 1.807) is 17.7 Å². The van der Waals surface area contributed by atoms with Gasteiger partial charge in [0.2, 0.25) is 10.0 Å². The number of rotatable bonds is 8. The summed E-state index contributed by atoms with van der Waals surface area (Å²) in [6.07, 6.45) is -5.01. The molecule has 3 rings (SSSR count). The number of hydrogen-bond acceptors (Lipinski definition) is 7. The van der Waals surface area contributed by atoms with Crippen LogP contribution in [-0.4, -0.2) is 47.6 Å². The predicted molar refractivity (Wildman–Crippen MR) is 110 cm³/mol. The smallest absolute Gasteiger partial charge is 0.404 e. The van der Waals surface area contributed by atoms with E-state index in [9.17, 15) is 21.6 Å². The lowest BCUT2D eigenvalue weighted by atomic mass is 10.3. The van der Waals surface area contributed by atoms with Crippen LogP contribution in [0.25, 0.3) is 5.82 Å². The number of hydrogen-bond donors (Lipinski definition) is 2. The van der Waals surface area contributed by atoms with E-state index in [1.165, 1.54) is 12.1 Å². The van der Waals surface area contributed by atoms with Gasteiger partial charge in [-0.25, -0.2) is 27.8 Å². The molecule has 9 nitrogen and oxygen atoms in total. The summed E-state index contributed by atoms with van der Waals surface area (Å²) in [6, 6.07) is 8.09. The predicted octanol–water partition coefficient (Wildman–Crippen LogP) is 2.88. The number of aromatic nitrogens is 4. The Hall–Kier alpha value is -3.19. The minimum Gasteiger partial charge on any atom is -0.404 e. The van der Waals surface area contributed by atoms with Crippen LogP contribution in [0, 0.1) is 20.8 Å². The summed E-state index contributed by atoms with van der Waals surface area (Å²) >= 11 is 0. The van der Waals surface area contributed by atoms with Crippen LogP contribution in [0.1, 0.15) is 17.2 Å². The number of nitrogens with one attached hydrogen (secondary N) is 2. The standard InChI is InChI=1S/C19H21F3N6O3S/c1-12-10-13(2)28(27-12)18-11-17(25-14(3)26-18)23-8-9-24-32(29,30)16-7-5-4-6-15(16)31-19(20,21)22/h4-7,10-11,24H,8-9H2,1-3H3,(H,23,25,26). The first-order valence-electron chi connectivity index (χ1n) is 9.42. The lowest BCUT2D eigenvalue weighted by Crippen LogP contribution is -2.30. The Labute approximate surface area is 182 Å². The highest BCUT2D eigenvalue weighted by Gasteiger charge is 2.33. The average molecular weight is 470 g/mol. The quantitative estimate of drug-likeness (QED) is 0.487. The van der Waals surface area contributed by atoms with Gasteiger partial charge in [0.1, 0.15) is 22.3 Å². The summed E-state index contributed by atoms with van der Waals surface area (Å²) in [4.78, 5) is 8.00. The van der Waals surface area contributed by atoms with Crippen LogP contribution in [0.2, 0.25) is 0 Å². The van der Waals surface area contributed by atoms with Gasteiger partial charge in [-0.15, -0.1) is 13.2 Å². The number of aryl methyl sites for hydroxylation is 3. The highest BCUT2D eigenvalue weighted by molar-refractivity contribution is 7.89. The molecule has 0 aliphatic carbocycles. The summed E-state index contributed by atoms with van der Waals surface area (Å²) in [5.74, 6) is 0.669. The zero-order valence-corrected chi connectivity index (χ0v) is 18.3. The fourth-order valence-electron chi connectivity index (χ4n) is 2.95. The number of nitrogens with zero attached hydrogens (tertiary/aromatic N) is 4. The van der Waals surface area contributed by atoms with Gasteiger partial charge in [0.25, 0.3) is 0 Å². The van der Waals surface area contributed by atoms with E-state index in [-0.39, 0.29) is 13.1 Å². The lowest BCUT2D eigenvalue weighted by molar-refractivity contribution is -0.275. The number of para-hydroxylation sites is 1. The molecule has 13 heteroatoms. The van der Waals surface area contributed by atoms with Crippen molar-refractivity contribution in [3.8, 4) is 11.6 Å². The molecular weight excluding hydrogens is 449 g/mol. The fraction of sp³-hybridized carbons (Fsp3) is 0.316. The molecule has 2 N–H and O–H groups in total. The molecule has 0 atom stereocenters. The molecule has 2 aromatic heterocycles. The maximum Gasteiger partial charge on any atom is 0.573 e. The highest BCUT2D eigenvalue weighted by atomic mass is 32.2. The largest absolute Gasteiger partial charge is 0.573 e. The second kappa shape index (κ2) is 9.12. The zero-order chi connectivity index (χ0) is 23.5. The minimum absolute atomic E-state index is 0.110. The third kappa shape index (κ3) is 5.95. The second-order valence-corrected chi connectivity index (χ2v) is 8.55. The summed E-state index contributed by atoms with van der Waals surface area (Å²) < 4.78 is 70.3. The topological polar surface area (TPSA) is 111 Å². The molecule has 3 aromatic rings. The second-order valence-electron chi connectivity index (χ2n) is 6.82. The average Bonchev–Trinajstić information content (AvgIpc) is 3.02. The number of halogens is 3. The fourth-order valence-corrected chi connectivity index (χ4v) is 4.11. The van der Waals surface area contributed by atoms with E-state index < -0.39 is 27.0 Å². The summed E-state index contributed by atoms with van der Waals surface area (Å²) in [6.45, 7) is 5.47. The van der Waals surface area contributed by atoms with Crippen molar-refractivity contribution in [2.24, 2.45) is 0 Å². The Morgan fingerprint density at radius 3 is 2.44 bits per heavy atom. The molecule has 0 bridgehead atoms. The maximum atomic E-state index is 12.6. The number of benzene rings is 1. The van der Waals surface area contributed by atoms with E-state index >= 15 is 0 Å². The number of sulfonamides is 1. The van der Waals surface area contributed by atoms with Crippen molar-refractivity contribution < 1.29 is 26.3 Å². The molecule has 2 heterocycles. The Bertz CT molecular complexity index is 1210. The van der Waals surface area contributed by atoms with Gasteiger partial charge in [-0.2, -0.15) is 5.10 Å². The van der Waals surface area contributed by atoms with Gasteiger partial charge in [0.05, 0.1) is 5.69 Å². The van der Waals surface area contributed by atoms with Gasteiger partial charge in [0, 0.05) is 24.8 Å². The monoisotopic (exact) mass is 470 g/mol. The first-order valence-corrected chi connectivity index (χ1v) is 10.9. The van der Waals surface area contributed by atoms with Crippen LogP contribution in [0.15, 0.2) is 41.3 Å². The van der Waals surface area contributed by atoms with Crippen molar-refractivity contribution in [1.82, 2.24) is 24.5 Å². The Morgan fingerprint density at radius 2 is 1.78 bits per heavy atom. The van der Waals surface area contributed by atoms with E-state index in [0.29, 0.717) is 17.5 Å². The first kappa shape index (κ1) is 23.5.